The molecule has 1 aromatic carbocycles. The summed E-state index contributed by atoms with van der Waals surface area (Å²) < 4.78 is 0. The van der Waals surface area contributed by atoms with Gasteiger partial charge in [-0.05, 0) is 50.1 Å². The fourth-order valence-corrected chi connectivity index (χ4v) is 2.91. The lowest BCUT2D eigenvalue weighted by atomic mass is 9.99. The minimum atomic E-state index is 0.195. The first-order valence-corrected chi connectivity index (χ1v) is 9.26. The van der Waals surface area contributed by atoms with Crippen molar-refractivity contribution in [3.05, 3.63) is 96.3 Å². The fourth-order valence-electron chi connectivity index (χ4n) is 2.91. The molecule has 0 amide bonds. The van der Waals surface area contributed by atoms with Gasteiger partial charge in [-0.2, -0.15) is 0 Å². The second kappa shape index (κ2) is 10.2. The Morgan fingerprint density at radius 3 is 2.78 bits per heavy atom. The lowest BCUT2D eigenvalue weighted by Crippen LogP contribution is -2.12. The number of fused-ring (bicyclic) bond motifs is 1. The molecule has 3 nitrogen and oxygen atoms in total. The molecule has 0 fully saturated rings. The van der Waals surface area contributed by atoms with E-state index in [-0.39, 0.29) is 6.04 Å². The van der Waals surface area contributed by atoms with Gasteiger partial charge in [0.2, 0.25) is 0 Å². The third-order valence-electron chi connectivity index (χ3n) is 4.37. The smallest absolute Gasteiger partial charge is 0.0613 e. The van der Waals surface area contributed by atoms with Gasteiger partial charge in [0, 0.05) is 29.5 Å². The van der Waals surface area contributed by atoms with Crippen LogP contribution in [0.25, 0.3) is 5.57 Å². The molecule has 0 radical (unpaired) electrons. The average molecular weight is 360 g/mol. The van der Waals surface area contributed by atoms with Crippen molar-refractivity contribution in [1.82, 2.24) is 5.32 Å². The Kier molecular flexibility index (Phi) is 7.63. The second-order valence-corrected chi connectivity index (χ2v) is 6.43. The molecule has 3 heteroatoms. The van der Waals surface area contributed by atoms with E-state index in [0.717, 1.165) is 22.5 Å². The van der Waals surface area contributed by atoms with E-state index in [1.165, 1.54) is 5.56 Å². The van der Waals surface area contributed by atoms with E-state index in [1.54, 1.807) is 6.08 Å². The fraction of sp³-hybridized carbons (Fsp3) is 0.208. The number of para-hydroxylation sites is 1. The number of anilines is 1. The van der Waals surface area contributed by atoms with Gasteiger partial charge >= 0.3 is 0 Å². The molecular formula is C24H29N3. The molecule has 1 heterocycles. The van der Waals surface area contributed by atoms with E-state index in [1.807, 2.05) is 68.5 Å². The number of nitrogens with one attached hydrogen (secondary N) is 3. The zero-order valence-corrected chi connectivity index (χ0v) is 16.4. The van der Waals surface area contributed by atoms with E-state index in [4.69, 9.17) is 5.41 Å². The van der Waals surface area contributed by atoms with Gasteiger partial charge in [-0.3, -0.25) is 0 Å². The Bertz CT molecular complexity index is 835. The molecule has 0 aliphatic carbocycles. The summed E-state index contributed by atoms with van der Waals surface area (Å²) in [5, 5.41) is 15.3. The molecule has 1 aromatic rings. The number of allylic oxidation sites excluding steroid dienone is 9. The van der Waals surface area contributed by atoms with Crippen molar-refractivity contribution >= 4 is 17.0 Å². The van der Waals surface area contributed by atoms with Crippen LogP contribution in [0.1, 0.15) is 26.3 Å². The summed E-state index contributed by atoms with van der Waals surface area (Å²) >= 11 is 0. The molecule has 1 unspecified atom stereocenters. The minimum absolute atomic E-state index is 0.195. The van der Waals surface area contributed by atoms with Crippen molar-refractivity contribution < 1.29 is 0 Å². The van der Waals surface area contributed by atoms with Crippen LogP contribution in [0.2, 0.25) is 0 Å². The van der Waals surface area contributed by atoms with Gasteiger partial charge in [-0.1, -0.05) is 61.2 Å². The molecule has 0 spiro atoms. The molecule has 1 aliphatic heterocycles. The van der Waals surface area contributed by atoms with E-state index in [0.29, 0.717) is 12.3 Å². The molecule has 0 saturated heterocycles. The second-order valence-electron chi connectivity index (χ2n) is 6.43. The van der Waals surface area contributed by atoms with Crippen LogP contribution < -0.4 is 10.6 Å². The number of benzene rings is 1. The van der Waals surface area contributed by atoms with Crippen LogP contribution in [-0.2, 0) is 0 Å². The summed E-state index contributed by atoms with van der Waals surface area (Å²) in [5.74, 6) is 0. The normalized spacial score (nSPS) is 18.8. The molecule has 2 rings (SSSR count). The summed E-state index contributed by atoms with van der Waals surface area (Å²) in [6.07, 6.45) is 15.7. The Morgan fingerprint density at radius 2 is 2.04 bits per heavy atom. The highest BCUT2D eigenvalue weighted by molar-refractivity contribution is 6.13. The number of hydrogen-bond donors (Lipinski definition) is 3. The summed E-state index contributed by atoms with van der Waals surface area (Å²) in [7, 11) is 0. The first-order valence-electron chi connectivity index (χ1n) is 9.26. The van der Waals surface area contributed by atoms with Crippen molar-refractivity contribution in [2.24, 2.45) is 0 Å². The van der Waals surface area contributed by atoms with Gasteiger partial charge in [0.05, 0.1) is 5.71 Å². The zero-order valence-electron chi connectivity index (χ0n) is 16.4. The van der Waals surface area contributed by atoms with Crippen LogP contribution in [0.3, 0.4) is 0 Å². The van der Waals surface area contributed by atoms with Gasteiger partial charge in [0.25, 0.3) is 0 Å². The molecule has 1 aliphatic rings. The third kappa shape index (κ3) is 5.71. The minimum Gasteiger partial charge on any atom is -0.385 e. The lowest BCUT2D eigenvalue weighted by Gasteiger charge is -2.08. The third-order valence-corrected chi connectivity index (χ3v) is 4.37. The maximum Gasteiger partial charge on any atom is 0.0613 e. The van der Waals surface area contributed by atoms with Gasteiger partial charge in [-0.25, -0.2) is 0 Å². The quantitative estimate of drug-likeness (QED) is 0.415. The lowest BCUT2D eigenvalue weighted by molar-refractivity contribution is 0.903. The highest BCUT2D eigenvalue weighted by Crippen LogP contribution is 2.34. The van der Waals surface area contributed by atoms with E-state index in [2.05, 4.69) is 36.3 Å². The predicted octanol–water partition coefficient (Wildman–Crippen LogP) is 5.64. The highest BCUT2D eigenvalue weighted by atomic mass is 14.9. The highest BCUT2D eigenvalue weighted by Gasteiger charge is 2.22. The van der Waals surface area contributed by atoms with Crippen LogP contribution in [-0.4, -0.2) is 18.3 Å². The zero-order chi connectivity index (χ0) is 19.6. The Balaban J connectivity index is 2.05. The standard InChI is InChI=1S/C24H29N3/c1-5-7-8-9-12-18(3)26-16-15-20(6-2)23(25)17-22-19(4)27-24-14-11-10-13-21(22)24/h5-15,17,19,25-27H,2,16H2,1,3-4H3/b7-5-,9-8-,18-12+,20-15?,22-17+,25-23?. The SMILES string of the molecule is C=CC(=CCN/C(C)=C/C=C\C=C/C)C(=N)/C=C1/c2ccccc2NC1C. The number of hydrogen-bond acceptors (Lipinski definition) is 3. The Labute approximate surface area is 163 Å². The molecule has 27 heavy (non-hydrogen) atoms. The van der Waals surface area contributed by atoms with Crippen LogP contribution in [0.4, 0.5) is 5.69 Å². The molecule has 3 N–H and O–H groups in total. The molecule has 0 bridgehead atoms. The monoisotopic (exact) mass is 359 g/mol. The average Bonchev–Trinajstić information content (AvgIpc) is 2.98. The molecular weight excluding hydrogens is 330 g/mol. The maximum atomic E-state index is 8.48. The summed E-state index contributed by atoms with van der Waals surface area (Å²) in [4.78, 5) is 0. The summed E-state index contributed by atoms with van der Waals surface area (Å²) in [6, 6.07) is 8.42. The van der Waals surface area contributed by atoms with Gasteiger partial charge in [0.15, 0.2) is 0 Å². The van der Waals surface area contributed by atoms with Crippen LogP contribution in [0.15, 0.2) is 90.7 Å². The van der Waals surface area contributed by atoms with Crippen LogP contribution in [0, 0.1) is 5.41 Å². The van der Waals surface area contributed by atoms with Gasteiger partial charge < -0.3 is 16.0 Å². The Hall–Kier alpha value is -3.07. The van der Waals surface area contributed by atoms with E-state index >= 15 is 0 Å². The molecule has 0 aromatic heterocycles. The van der Waals surface area contributed by atoms with Crippen molar-refractivity contribution in [2.45, 2.75) is 26.8 Å². The van der Waals surface area contributed by atoms with Gasteiger partial charge in [0.1, 0.15) is 0 Å². The van der Waals surface area contributed by atoms with Gasteiger partial charge in [-0.15, -0.1) is 0 Å². The summed E-state index contributed by atoms with van der Waals surface area (Å²) in [5.41, 5.74) is 5.81. The van der Waals surface area contributed by atoms with Crippen LogP contribution >= 0.6 is 0 Å². The molecule has 0 saturated carbocycles. The Morgan fingerprint density at radius 1 is 1.26 bits per heavy atom. The largest absolute Gasteiger partial charge is 0.385 e. The molecule has 1 atom stereocenters. The van der Waals surface area contributed by atoms with Crippen molar-refractivity contribution in [2.75, 3.05) is 11.9 Å². The number of rotatable bonds is 8. The van der Waals surface area contributed by atoms with E-state index < -0.39 is 0 Å². The van der Waals surface area contributed by atoms with Crippen LogP contribution in [0.5, 0.6) is 0 Å². The summed E-state index contributed by atoms with van der Waals surface area (Å²) in [6.45, 7) is 10.7. The predicted molar refractivity (Wildman–Crippen MR) is 119 cm³/mol. The van der Waals surface area contributed by atoms with Crippen molar-refractivity contribution in [3.63, 3.8) is 0 Å². The first kappa shape index (κ1) is 20.2. The van der Waals surface area contributed by atoms with Crippen molar-refractivity contribution in [1.29, 1.82) is 5.41 Å². The van der Waals surface area contributed by atoms with Crippen molar-refractivity contribution in [3.8, 4) is 0 Å². The maximum absolute atomic E-state index is 8.48. The van der Waals surface area contributed by atoms with E-state index in [9.17, 15) is 0 Å². The molecule has 140 valence electrons. The topological polar surface area (TPSA) is 47.9 Å². The first-order chi connectivity index (χ1) is 13.1.